The van der Waals surface area contributed by atoms with Gasteiger partial charge in [0.2, 0.25) is 11.3 Å². The van der Waals surface area contributed by atoms with Gasteiger partial charge in [-0.05, 0) is 24.4 Å². The largest absolute Gasteiger partial charge is 0.504 e. The Morgan fingerprint density at radius 1 is 1.67 bits per heavy atom. The number of methoxy groups -OCH3 is 1. The minimum absolute atomic E-state index is 0.0530. The number of hydrazone groups is 1. The third-order valence-corrected chi connectivity index (χ3v) is 1.78. The van der Waals surface area contributed by atoms with Crippen molar-refractivity contribution in [3.63, 3.8) is 0 Å². The molecule has 0 saturated carbocycles. The van der Waals surface area contributed by atoms with Crippen LogP contribution in [0.2, 0.25) is 0 Å². The molecule has 0 radical (unpaired) electrons. The number of phenols is 1. The van der Waals surface area contributed by atoms with Gasteiger partial charge in [-0.1, -0.05) is 6.07 Å². The van der Waals surface area contributed by atoms with E-state index in [4.69, 9.17) is 10.5 Å². The standard InChI is InChI=1S/C9H11N3O2S/c1-14-7-4-2-3-6(8(7)13)5-11-12-9(10)15/h2-5,13H,1H3,(H3,10,12,15)/p+1/b11-5+. The quantitative estimate of drug-likeness (QED) is 0.291. The minimum atomic E-state index is 0.0530. The molecular formula is C9H12N3O2S+. The van der Waals surface area contributed by atoms with Crippen LogP contribution in [0.15, 0.2) is 18.2 Å². The van der Waals surface area contributed by atoms with E-state index in [0.717, 1.165) is 0 Å². The van der Waals surface area contributed by atoms with Crippen LogP contribution in [0.25, 0.3) is 0 Å². The van der Waals surface area contributed by atoms with Crippen molar-refractivity contribution in [1.82, 2.24) is 5.43 Å². The van der Waals surface area contributed by atoms with E-state index in [1.54, 1.807) is 18.2 Å². The molecule has 1 aromatic carbocycles. The molecule has 5 N–H and O–H groups in total. The van der Waals surface area contributed by atoms with Crippen molar-refractivity contribution in [2.24, 2.45) is 5.73 Å². The average Bonchev–Trinajstić information content (AvgIpc) is 2.20. The predicted molar refractivity (Wildman–Crippen MR) is 60.7 cm³/mol. The highest BCUT2D eigenvalue weighted by Gasteiger charge is 2.06. The van der Waals surface area contributed by atoms with Crippen LogP contribution in [0.3, 0.4) is 0 Å². The number of aromatic hydroxyl groups is 1. The molecule has 1 rings (SSSR count). The zero-order valence-electron chi connectivity index (χ0n) is 8.15. The lowest BCUT2D eigenvalue weighted by atomic mass is 10.2. The van der Waals surface area contributed by atoms with Crippen LogP contribution in [0.5, 0.6) is 11.5 Å². The molecule has 0 heterocycles. The Kier molecular flexibility index (Phi) is 3.87. The summed E-state index contributed by atoms with van der Waals surface area (Å²) in [6.07, 6.45) is 1.52. The first kappa shape index (κ1) is 11.3. The van der Waals surface area contributed by atoms with Crippen LogP contribution < -0.4 is 21.0 Å². The van der Waals surface area contributed by atoms with E-state index in [-0.39, 0.29) is 10.9 Å². The fourth-order valence-corrected chi connectivity index (χ4v) is 1.06. The molecule has 5 nitrogen and oxygen atoms in total. The first-order valence-corrected chi connectivity index (χ1v) is 4.56. The van der Waals surface area contributed by atoms with E-state index >= 15 is 0 Å². The van der Waals surface area contributed by atoms with Crippen LogP contribution in [0, 0.1) is 0 Å². The van der Waals surface area contributed by atoms with E-state index in [0.29, 0.717) is 11.3 Å². The number of rotatable bonds is 3. The second-order valence-corrected chi connectivity index (χ2v) is 3.12. The molecule has 1 aromatic rings. The topological polar surface area (TPSA) is 81.5 Å². The van der Waals surface area contributed by atoms with Crippen molar-refractivity contribution < 1.29 is 14.9 Å². The monoisotopic (exact) mass is 226 g/mol. The Bertz CT molecular complexity index is 393. The zero-order valence-corrected chi connectivity index (χ0v) is 8.97. The lowest BCUT2D eigenvalue weighted by Crippen LogP contribution is -2.82. The summed E-state index contributed by atoms with van der Waals surface area (Å²) >= 11 is 4.59. The summed E-state index contributed by atoms with van der Waals surface area (Å²) < 4.78 is 4.94. The highest BCUT2D eigenvalue weighted by atomic mass is 32.1. The number of thiocarbonyl (C=S) groups is 1. The van der Waals surface area contributed by atoms with Gasteiger partial charge in [-0.3, -0.25) is 0 Å². The summed E-state index contributed by atoms with van der Waals surface area (Å²) in [5.74, 6) is 0.457. The molecule has 0 fully saturated rings. The van der Waals surface area contributed by atoms with Gasteiger partial charge in [-0.25, -0.2) is 0 Å². The van der Waals surface area contributed by atoms with Gasteiger partial charge in [0.25, 0.3) is 0 Å². The van der Waals surface area contributed by atoms with Gasteiger partial charge < -0.3 is 15.6 Å². The highest BCUT2D eigenvalue weighted by molar-refractivity contribution is 7.80. The number of para-hydroxylation sites is 1. The number of benzene rings is 1. The summed E-state index contributed by atoms with van der Waals surface area (Å²) in [6.45, 7) is 0. The van der Waals surface area contributed by atoms with Gasteiger partial charge in [0, 0.05) is 0 Å². The van der Waals surface area contributed by atoms with Gasteiger partial charge >= 0.3 is 0 Å². The molecule has 80 valence electrons. The third-order valence-electron chi connectivity index (χ3n) is 1.67. The van der Waals surface area contributed by atoms with E-state index in [1.807, 2.05) is 0 Å². The van der Waals surface area contributed by atoms with Crippen LogP contribution in [0.1, 0.15) is 5.56 Å². The molecule has 0 aliphatic rings. The summed E-state index contributed by atoms with van der Waals surface area (Å²) in [7, 11) is 1.49. The van der Waals surface area contributed by atoms with Crippen LogP contribution in [0.4, 0.5) is 0 Å². The lowest BCUT2D eigenvalue weighted by Gasteiger charge is -2.03. The van der Waals surface area contributed by atoms with Gasteiger partial charge in [-0.2, -0.15) is 0 Å². The van der Waals surface area contributed by atoms with Crippen molar-refractivity contribution in [1.29, 1.82) is 0 Å². The van der Waals surface area contributed by atoms with Crippen molar-refractivity contribution >= 4 is 23.5 Å². The van der Waals surface area contributed by atoms with E-state index in [1.165, 1.54) is 13.3 Å². The first-order chi connectivity index (χ1) is 7.15. The molecule has 0 atom stereocenters. The normalized spacial score (nSPS) is 10.2. The molecule has 0 unspecified atom stereocenters. The SMILES string of the molecule is COc1cccc(/C=[NH+]/NC(N)=S)c1O. The Balaban J connectivity index is 2.85. The van der Waals surface area contributed by atoms with Gasteiger partial charge in [-0.15, -0.1) is 10.5 Å². The molecule has 0 bridgehead atoms. The number of hydrazine groups is 1. The van der Waals surface area contributed by atoms with Crippen molar-refractivity contribution in [3.05, 3.63) is 23.8 Å². The molecule has 6 heteroatoms. The number of hydrogen-bond acceptors (Lipinski definition) is 3. The second kappa shape index (κ2) is 5.16. The highest BCUT2D eigenvalue weighted by Crippen LogP contribution is 2.27. The third kappa shape index (κ3) is 3.10. The minimum Gasteiger partial charge on any atom is -0.504 e. The van der Waals surface area contributed by atoms with E-state index in [9.17, 15) is 5.11 Å². The van der Waals surface area contributed by atoms with Crippen LogP contribution in [-0.2, 0) is 0 Å². The number of hydrogen-bond donors (Lipinski definition) is 4. The smallest absolute Gasteiger partial charge is 0.221 e. The van der Waals surface area contributed by atoms with Gasteiger partial charge in [0.15, 0.2) is 11.5 Å². The number of nitrogens with two attached hydrogens (primary N) is 1. The molecule has 0 aromatic heterocycles. The van der Waals surface area contributed by atoms with E-state index in [2.05, 4.69) is 22.7 Å². The Morgan fingerprint density at radius 2 is 2.40 bits per heavy atom. The Hall–Kier alpha value is -1.82. The predicted octanol–water partition coefficient (Wildman–Crippen LogP) is -1.35. The van der Waals surface area contributed by atoms with Gasteiger partial charge in [0.05, 0.1) is 12.7 Å². The van der Waals surface area contributed by atoms with Gasteiger partial charge in [0.1, 0.15) is 0 Å². The maximum atomic E-state index is 9.67. The zero-order chi connectivity index (χ0) is 11.3. The van der Waals surface area contributed by atoms with Crippen molar-refractivity contribution in [2.75, 3.05) is 7.11 Å². The number of phenolic OH excluding ortho intramolecular Hbond substituents is 1. The fraction of sp³-hybridized carbons (Fsp3) is 0.111. The fourth-order valence-electron chi connectivity index (χ4n) is 1.01. The van der Waals surface area contributed by atoms with Crippen molar-refractivity contribution in [3.8, 4) is 11.5 Å². The van der Waals surface area contributed by atoms with Crippen molar-refractivity contribution in [2.45, 2.75) is 0 Å². The molecule has 15 heavy (non-hydrogen) atoms. The molecule has 0 amide bonds. The molecule has 0 aliphatic carbocycles. The Labute approximate surface area is 92.5 Å². The second-order valence-electron chi connectivity index (χ2n) is 2.68. The first-order valence-electron chi connectivity index (χ1n) is 4.15. The number of ether oxygens (including phenoxy) is 1. The maximum absolute atomic E-state index is 9.67. The van der Waals surface area contributed by atoms with Crippen LogP contribution >= 0.6 is 12.2 Å². The summed E-state index contributed by atoms with van der Waals surface area (Å²) in [4.78, 5) is 0. The molecular weight excluding hydrogens is 214 g/mol. The number of nitrogens with one attached hydrogen (secondary N) is 2. The Morgan fingerprint density at radius 3 is 3.00 bits per heavy atom. The maximum Gasteiger partial charge on any atom is 0.221 e. The summed E-state index contributed by atoms with van der Waals surface area (Å²) in [6, 6.07) is 5.13. The molecule has 0 aliphatic heterocycles. The summed E-state index contributed by atoms with van der Waals surface area (Å²) in [5, 5.41) is 12.4. The van der Waals surface area contributed by atoms with Crippen LogP contribution in [-0.4, -0.2) is 23.5 Å². The molecule has 0 spiro atoms. The molecule has 0 saturated heterocycles. The lowest BCUT2D eigenvalue weighted by molar-refractivity contribution is -0.499. The summed E-state index contributed by atoms with van der Waals surface area (Å²) in [5.41, 5.74) is 8.28. The average molecular weight is 226 g/mol. The van der Waals surface area contributed by atoms with E-state index < -0.39 is 0 Å².